The smallest absolute Gasteiger partial charge is 0.0489 e. The second-order valence-corrected chi connectivity index (χ2v) is 6.11. The maximum atomic E-state index is 6.31. The summed E-state index contributed by atoms with van der Waals surface area (Å²) in [4.78, 5) is 4.77. The lowest BCUT2D eigenvalue weighted by molar-refractivity contribution is 0.0636. The molecular weight excluding hydrogens is 281 g/mol. The van der Waals surface area contributed by atoms with E-state index in [-0.39, 0.29) is 6.04 Å². The summed E-state index contributed by atoms with van der Waals surface area (Å²) in [6.45, 7) is 5.89. The van der Waals surface area contributed by atoms with Crippen LogP contribution in [0.15, 0.2) is 18.2 Å². The topological polar surface area (TPSA) is 32.5 Å². The summed E-state index contributed by atoms with van der Waals surface area (Å²) >= 11 is 12.4. The molecule has 19 heavy (non-hydrogen) atoms. The van der Waals surface area contributed by atoms with Crippen LogP contribution in [-0.4, -0.2) is 49.1 Å². The van der Waals surface area contributed by atoms with Crippen LogP contribution < -0.4 is 5.73 Å². The van der Waals surface area contributed by atoms with Gasteiger partial charge in [-0.05, 0) is 37.7 Å². The van der Waals surface area contributed by atoms with E-state index in [9.17, 15) is 0 Å². The third-order valence-corrected chi connectivity index (χ3v) is 4.40. The first-order valence-electron chi connectivity index (χ1n) is 6.62. The molecule has 0 spiro atoms. The zero-order valence-electron chi connectivity index (χ0n) is 11.4. The van der Waals surface area contributed by atoms with Crippen molar-refractivity contribution < 1.29 is 0 Å². The Morgan fingerprint density at radius 2 is 2.11 bits per heavy atom. The molecule has 2 N–H and O–H groups in total. The van der Waals surface area contributed by atoms with Crippen molar-refractivity contribution in [3.8, 4) is 0 Å². The van der Waals surface area contributed by atoms with Gasteiger partial charge in [0.1, 0.15) is 0 Å². The van der Waals surface area contributed by atoms with E-state index in [1.54, 1.807) is 0 Å². The molecule has 0 bridgehead atoms. The van der Waals surface area contributed by atoms with E-state index in [0.717, 1.165) is 30.2 Å². The van der Waals surface area contributed by atoms with Crippen molar-refractivity contribution in [1.82, 2.24) is 9.80 Å². The molecule has 2 rings (SSSR count). The van der Waals surface area contributed by atoms with Crippen LogP contribution in [0, 0.1) is 0 Å². The molecule has 5 heteroatoms. The van der Waals surface area contributed by atoms with Crippen LogP contribution in [0.4, 0.5) is 0 Å². The van der Waals surface area contributed by atoms with Gasteiger partial charge in [0.2, 0.25) is 0 Å². The molecule has 1 aliphatic rings. The molecule has 2 atom stereocenters. The SMILES string of the molecule is CC1CN(C)CCN1C(CN)c1cc(Cl)ccc1Cl. The summed E-state index contributed by atoms with van der Waals surface area (Å²) in [5, 5.41) is 1.45. The van der Waals surface area contributed by atoms with Gasteiger partial charge in [-0.1, -0.05) is 23.2 Å². The average molecular weight is 302 g/mol. The van der Waals surface area contributed by atoms with E-state index in [1.165, 1.54) is 0 Å². The third kappa shape index (κ3) is 3.41. The van der Waals surface area contributed by atoms with Gasteiger partial charge >= 0.3 is 0 Å². The van der Waals surface area contributed by atoms with Gasteiger partial charge in [0.05, 0.1) is 0 Å². The summed E-state index contributed by atoms with van der Waals surface area (Å²) in [6.07, 6.45) is 0. The molecule has 2 unspecified atom stereocenters. The molecule has 0 amide bonds. The van der Waals surface area contributed by atoms with Crippen molar-refractivity contribution in [2.75, 3.05) is 33.2 Å². The van der Waals surface area contributed by atoms with Gasteiger partial charge in [0.25, 0.3) is 0 Å². The molecular formula is C14H21Cl2N3. The Morgan fingerprint density at radius 3 is 2.74 bits per heavy atom. The molecule has 0 saturated carbocycles. The second kappa shape index (κ2) is 6.42. The van der Waals surface area contributed by atoms with Crippen LogP contribution in [0.25, 0.3) is 0 Å². The Morgan fingerprint density at radius 1 is 1.37 bits per heavy atom. The van der Waals surface area contributed by atoms with E-state index in [0.29, 0.717) is 17.6 Å². The van der Waals surface area contributed by atoms with E-state index in [2.05, 4.69) is 23.8 Å². The lowest BCUT2D eigenvalue weighted by atomic mass is 10.0. The minimum atomic E-state index is 0.134. The fourth-order valence-electron chi connectivity index (χ4n) is 2.83. The Hall–Kier alpha value is -0.320. The van der Waals surface area contributed by atoms with Crippen LogP contribution in [0.3, 0.4) is 0 Å². The number of hydrogen-bond donors (Lipinski definition) is 1. The summed E-state index contributed by atoms with van der Waals surface area (Å²) in [7, 11) is 2.15. The maximum Gasteiger partial charge on any atom is 0.0489 e. The Labute approximate surface area is 125 Å². The molecule has 1 aliphatic heterocycles. The number of piperazine rings is 1. The number of benzene rings is 1. The highest BCUT2D eigenvalue weighted by atomic mass is 35.5. The quantitative estimate of drug-likeness (QED) is 0.931. The second-order valence-electron chi connectivity index (χ2n) is 5.27. The van der Waals surface area contributed by atoms with Crippen molar-refractivity contribution in [2.24, 2.45) is 5.73 Å². The van der Waals surface area contributed by atoms with Gasteiger partial charge in [-0.3, -0.25) is 4.90 Å². The number of likely N-dealkylation sites (N-methyl/N-ethyl adjacent to an activating group) is 1. The first-order chi connectivity index (χ1) is 9.02. The van der Waals surface area contributed by atoms with Crippen molar-refractivity contribution in [1.29, 1.82) is 0 Å². The van der Waals surface area contributed by atoms with Crippen molar-refractivity contribution >= 4 is 23.2 Å². The highest BCUT2D eigenvalue weighted by molar-refractivity contribution is 6.33. The molecule has 1 saturated heterocycles. The lowest BCUT2D eigenvalue weighted by Gasteiger charge is -2.43. The predicted molar refractivity (Wildman–Crippen MR) is 81.9 cm³/mol. The van der Waals surface area contributed by atoms with Crippen molar-refractivity contribution in [3.63, 3.8) is 0 Å². The number of hydrogen-bond acceptors (Lipinski definition) is 3. The zero-order chi connectivity index (χ0) is 14.0. The molecule has 0 aromatic heterocycles. The molecule has 1 fully saturated rings. The molecule has 1 aromatic rings. The first kappa shape index (κ1) is 15.1. The summed E-state index contributed by atoms with van der Waals surface area (Å²) in [6, 6.07) is 6.20. The van der Waals surface area contributed by atoms with Gasteiger partial charge in [-0.2, -0.15) is 0 Å². The van der Waals surface area contributed by atoms with Gasteiger partial charge < -0.3 is 10.6 Å². The lowest BCUT2D eigenvalue weighted by Crippen LogP contribution is -2.52. The van der Waals surface area contributed by atoms with Crippen molar-refractivity contribution in [2.45, 2.75) is 19.0 Å². The molecule has 0 aliphatic carbocycles. The van der Waals surface area contributed by atoms with E-state index in [1.807, 2.05) is 18.2 Å². The van der Waals surface area contributed by atoms with Crippen LogP contribution >= 0.6 is 23.2 Å². The standard InChI is InChI=1S/C14H21Cl2N3/c1-10-9-18(2)5-6-19(10)14(8-17)12-7-11(15)3-4-13(12)16/h3-4,7,10,14H,5-6,8-9,17H2,1-2H3. The third-order valence-electron chi connectivity index (χ3n) is 3.82. The first-order valence-corrected chi connectivity index (χ1v) is 7.37. The van der Waals surface area contributed by atoms with E-state index >= 15 is 0 Å². The van der Waals surface area contributed by atoms with Crippen LogP contribution in [0.5, 0.6) is 0 Å². The average Bonchev–Trinajstić information content (AvgIpc) is 2.36. The van der Waals surface area contributed by atoms with Crippen LogP contribution in [-0.2, 0) is 0 Å². The number of rotatable bonds is 3. The summed E-state index contributed by atoms with van der Waals surface area (Å²) < 4.78 is 0. The summed E-state index contributed by atoms with van der Waals surface area (Å²) in [5.74, 6) is 0. The molecule has 3 nitrogen and oxygen atoms in total. The highest BCUT2D eigenvalue weighted by Gasteiger charge is 2.29. The highest BCUT2D eigenvalue weighted by Crippen LogP contribution is 2.31. The Kier molecular flexibility index (Phi) is 5.09. The maximum absolute atomic E-state index is 6.31. The van der Waals surface area contributed by atoms with Gasteiger partial charge in [-0.15, -0.1) is 0 Å². The van der Waals surface area contributed by atoms with Gasteiger partial charge in [0, 0.05) is 48.3 Å². The van der Waals surface area contributed by atoms with E-state index < -0.39 is 0 Å². The van der Waals surface area contributed by atoms with Crippen LogP contribution in [0.1, 0.15) is 18.5 Å². The molecule has 0 radical (unpaired) electrons. The number of nitrogens with zero attached hydrogens (tertiary/aromatic N) is 2. The minimum Gasteiger partial charge on any atom is -0.329 e. The molecule has 1 aromatic carbocycles. The molecule has 106 valence electrons. The normalized spacial score (nSPS) is 23.5. The van der Waals surface area contributed by atoms with Crippen LogP contribution in [0.2, 0.25) is 10.0 Å². The monoisotopic (exact) mass is 301 g/mol. The van der Waals surface area contributed by atoms with Crippen molar-refractivity contribution in [3.05, 3.63) is 33.8 Å². The zero-order valence-corrected chi connectivity index (χ0v) is 13.0. The largest absolute Gasteiger partial charge is 0.329 e. The Bertz CT molecular complexity index is 439. The van der Waals surface area contributed by atoms with Gasteiger partial charge in [0.15, 0.2) is 0 Å². The Balaban J connectivity index is 2.26. The fourth-order valence-corrected chi connectivity index (χ4v) is 3.25. The number of halogens is 2. The van der Waals surface area contributed by atoms with Gasteiger partial charge in [-0.25, -0.2) is 0 Å². The number of nitrogens with two attached hydrogens (primary N) is 1. The minimum absolute atomic E-state index is 0.134. The predicted octanol–water partition coefficient (Wildman–Crippen LogP) is 2.63. The summed E-state index contributed by atoms with van der Waals surface area (Å²) in [5.41, 5.74) is 7.03. The molecule has 1 heterocycles. The van der Waals surface area contributed by atoms with E-state index in [4.69, 9.17) is 28.9 Å². The fraction of sp³-hybridized carbons (Fsp3) is 0.571.